The number of nitrogens with two attached hydrogens (primary N) is 1. The Bertz CT molecular complexity index is 306. The summed E-state index contributed by atoms with van der Waals surface area (Å²) < 4.78 is 0. The number of carbonyl (C=O) groups is 1. The molecule has 3 heteroatoms. The van der Waals surface area contributed by atoms with Gasteiger partial charge in [-0.05, 0) is 17.7 Å². The van der Waals surface area contributed by atoms with Crippen LogP contribution in [0.5, 0.6) is 0 Å². The fraction of sp³-hybridized carbons (Fsp3) is 0.455. The minimum absolute atomic E-state index is 0.172. The molecule has 1 aromatic rings. The van der Waals surface area contributed by atoms with Crippen LogP contribution in [-0.2, 0) is 11.2 Å². The van der Waals surface area contributed by atoms with Crippen molar-refractivity contribution in [1.82, 2.24) is 4.98 Å². The number of aromatic nitrogens is 1. The van der Waals surface area contributed by atoms with Gasteiger partial charge < -0.3 is 5.73 Å². The Kier molecular flexibility index (Phi) is 3.36. The zero-order chi connectivity index (χ0) is 10.6. The van der Waals surface area contributed by atoms with Crippen molar-refractivity contribution < 1.29 is 4.79 Å². The Morgan fingerprint density at radius 1 is 1.43 bits per heavy atom. The van der Waals surface area contributed by atoms with E-state index in [9.17, 15) is 4.79 Å². The van der Waals surface area contributed by atoms with E-state index in [-0.39, 0.29) is 5.78 Å². The number of ketones is 1. The summed E-state index contributed by atoms with van der Waals surface area (Å²) in [6.07, 6.45) is 3.82. The molecule has 3 nitrogen and oxygen atoms in total. The molecule has 0 aliphatic heterocycles. The van der Waals surface area contributed by atoms with Crippen LogP contribution in [0.25, 0.3) is 0 Å². The average molecular weight is 192 g/mol. The predicted molar refractivity (Wildman–Crippen MR) is 55.8 cm³/mol. The van der Waals surface area contributed by atoms with Gasteiger partial charge in [0.25, 0.3) is 0 Å². The predicted octanol–water partition coefficient (Wildman–Crippen LogP) is 1.18. The van der Waals surface area contributed by atoms with Crippen LogP contribution in [0.4, 0.5) is 0 Å². The largest absolute Gasteiger partial charge is 0.329 e. The minimum atomic E-state index is -0.427. The summed E-state index contributed by atoms with van der Waals surface area (Å²) in [7, 11) is 0. The highest BCUT2D eigenvalue weighted by molar-refractivity contribution is 5.86. The molecule has 0 unspecified atom stereocenters. The standard InChI is InChI=1S/C11H16N2O/c1-11(2,8-12)10(14)7-9-3-5-13-6-4-9/h3-6H,7-8,12H2,1-2H3. The van der Waals surface area contributed by atoms with Gasteiger partial charge in [0.05, 0.1) is 0 Å². The normalized spacial score (nSPS) is 11.4. The van der Waals surface area contributed by atoms with Gasteiger partial charge in [0.2, 0.25) is 0 Å². The van der Waals surface area contributed by atoms with E-state index in [4.69, 9.17) is 5.73 Å². The van der Waals surface area contributed by atoms with Gasteiger partial charge in [0.1, 0.15) is 5.78 Å². The highest BCUT2D eigenvalue weighted by atomic mass is 16.1. The molecule has 76 valence electrons. The van der Waals surface area contributed by atoms with Crippen molar-refractivity contribution in [2.45, 2.75) is 20.3 Å². The topological polar surface area (TPSA) is 56.0 Å². The van der Waals surface area contributed by atoms with E-state index in [1.165, 1.54) is 0 Å². The Balaban J connectivity index is 2.67. The fourth-order valence-corrected chi connectivity index (χ4v) is 1.04. The molecule has 0 aliphatic rings. The Morgan fingerprint density at radius 3 is 2.50 bits per heavy atom. The lowest BCUT2D eigenvalue weighted by atomic mass is 9.85. The molecule has 1 heterocycles. The molecule has 0 spiro atoms. The number of rotatable bonds is 4. The first-order chi connectivity index (χ1) is 6.56. The minimum Gasteiger partial charge on any atom is -0.329 e. The Labute approximate surface area is 84.3 Å². The summed E-state index contributed by atoms with van der Waals surface area (Å²) in [5.74, 6) is 0.172. The zero-order valence-electron chi connectivity index (χ0n) is 8.66. The van der Waals surface area contributed by atoms with Crippen LogP contribution in [0.1, 0.15) is 19.4 Å². The number of pyridine rings is 1. The van der Waals surface area contributed by atoms with Crippen LogP contribution in [0.2, 0.25) is 0 Å². The first-order valence-corrected chi connectivity index (χ1v) is 4.68. The van der Waals surface area contributed by atoms with Crippen LogP contribution >= 0.6 is 0 Å². The first-order valence-electron chi connectivity index (χ1n) is 4.68. The Hall–Kier alpha value is -1.22. The second-order valence-electron chi connectivity index (χ2n) is 4.04. The van der Waals surface area contributed by atoms with Crippen molar-refractivity contribution in [3.63, 3.8) is 0 Å². The lowest BCUT2D eigenvalue weighted by molar-refractivity contribution is -0.125. The quantitative estimate of drug-likeness (QED) is 0.779. The maximum atomic E-state index is 11.8. The van der Waals surface area contributed by atoms with Crippen LogP contribution in [0.15, 0.2) is 24.5 Å². The van der Waals surface area contributed by atoms with Crippen molar-refractivity contribution in [1.29, 1.82) is 0 Å². The highest BCUT2D eigenvalue weighted by Crippen LogP contribution is 2.16. The van der Waals surface area contributed by atoms with Gasteiger partial charge in [-0.2, -0.15) is 0 Å². The zero-order valence-corrected chi connectivity index (χ0v) is 8.66. The molecule has 2 N–H and O–H groups in total. The van der Waals surface area contributed by atoms with E-state index in [0.717, 1.165) is 5.56 Å². The van der Waals surface area contributed by atoms with Crippen molar-refractivity contribution in [2.24, 2.45) is 11.1 Å². The molecule has 0 fully saturated rings. The van der Waals surface area contributed by atoms with Crippen LogP contribution < -0.4 is 5.73 Å². The molecule has 0 bridgehead atoms. The molecule has 0 saturated heterocycles. The van der Waals surface area contributed by atoms with E-state index in [2.05, 4.69) is 4.98 Å². The van der Waals surface area contributed by atoms with Crippen LogP contribution in [0, 0.1) is 5.41 Å². The molecule has 0 radical (unpaired) electrons. The van der Waals surface area contributed by atoms with Crippen molar-refractivity contribution in [2.75, 3.05) is 6.54 Å². The highest BCUT2D eigenvalue weighted by Gasteiger charge is 2.25. The van der Waals surface area contributed by atoms with Crippen molar-refractivity contribution in [3.05, 3.63) is 30.1 Å². The smallest absolute Gasteiger partial charge is 0.144 e. The molecule has 1 rings (SSSR count). The molecule has 0 amide bonds. The molecule has 0 aromatic carbocycles. The monoisotopic (exact) mass is 192 g/mol. The average Bonchev–Trinajstić information content (AvgIpc) is 2.19. The fourth-order valence-electron chi connectivity index (χ4n) is 1.04. The van der Waals surface area contributed by atoms with E-state index in [1.54, 1.807) is 12.4 Å². The lowest BCUT2D eigenvalue weighted by Crippen LogP contribution is -2.33. The van der Waals surface area contributed by atoms with Gasteiger partial charge in [-0.25, -0.2) is 0 Å². The van der Waals surface area contributed by atoms with E-state index in [1.807, 2.05) is 26.0 Å². The third kappa shape index (κ3) is 2.64. The van der Waals surface area contributed by atoms with Crippen LogP contribution in [0.3, 0.4) is 0 Å². The lowest BCUT2D eigenvalue weighted by Gasteiger charge is -2.20. The van der Waals surface area contributed by atoms with E-state index >= 15 is 0 Å². The molecule has 0 atom stereocenters. The second-order valence-corrected chi connectivity index (χ2v) is 4.04. The second kappa shape index (κ2) is 4.33. The summed E-state index contributed by atoms with van der Waals surface area (Å²) in [5, 5.41) is 0. The summed E-state index contributed by atoms with van der Waals surface area (Å²) >= 11 is 0. The van der Waals surface area contributed by atoms with E-state index in [0.29, 0.717) is 13.0 Å². The molecular weight excluding hydrogens is 176 g/mol. The summed E-state index contributed by atoms with van der Waals surface area (Å²) in [6.45, 7) is 4.13. The summed E-state index contributed by atoms with van der Waals surface area (Å²) in [6, 6.07) is 3.70. The number of hydrogen-bond acceptors (Lipinski definition) is 3. The molecule has 0 aliphatic carbocycles. The van der Waals surface area contributed by atoms with Gasteiger partial charge in [-0.3, -0.25) is 9.78 Å². The Morgan fingerprint density at radius 2 is 2.00 bits per heavy atom. The number of nitrogens with zero attached hydrogens (tertiary/aromatic N) is 1. The summed E-state index contributed by atoms with van der Waals surface area (Å²) in [5.41, 5.74) is 6.09. The number of carbonyl (C=O) groups excluding carboxylic acids is 1. The first kappa shape index (κ1) is 10.9. The molecule has 14 heavy (non-hydrogen) atoms. The van der Waals surface area contributed by atoms with Crippen LogP contribution in [-0.4, -0.2) is 17.3 Å². The van der Waals surface area contributed by atoms with Gasteiger partial charge >= 0.3 is 0 Å². The van der Waals surface area contributed by atoms with Crippen molar-refractivity contribution >= 4 is 5.78 Å². The maximum absolute atomic E-state index is 11.8. The molecular formula is C11H16N2O. The molecule has 1 aromatic heterocycles. The summed E-state index contributed by atoms with van der Waals surface area (Å²) in [4.78, 5) is 15.7. The molecule has 0 saturated carbocycles. The SMILES string of the molecule is CC(C)(CN)C(=O)Cc1ccncc1. The number of Topliss-reactive ketones (excluding diaryl/α,β-unsaturated/α-hetero) is 1. The number of hydrogen-bond donors (Lipinski definition) is 1. The van der Waals surface area contributed by atoms with Gasteiger partial charge in [-0.1, -0.05) is 13.8 Å². The van der Waals surface area contributed by atoms with Gasteiger partial charge in [-0.15, -0.1) is 0 Å². The maximum Gasteiger partial charge on any atom is 0.144 e. The van der Waals surface area contributed by atoms with Crippen molar-refractivity contribution in [3.8, 4) is 0 Å². The van der Waals surface area contributed by atoms with Gasteiger partial charge in [0.15, 0.2) is 0 Å². The third-order valence-electron chi connectivity index (χ3n) is 2.38. The third-order valence-corrected chi connectivity index (χ3v) is 2.38. The van der Waals surface area contributed by atoms with E-state index < -0.39 is 5.41 Å². The van der Waals surface area contributed by atoms with Gasteiger partial charge in [0, 0.05) is 30.8 Å².